The van der Waals surface area contributed by atoms with Crippen molar-refractivity contribution in [1.82, 2.24) is 14.9 Å². The monoisotopic (exact) mass is 295 g/mol. The van der Waals surface area contributed by atoms with E-state index in [4.69, 9.17) is 11.6 Å². The second-order valence-electron chi connectivity index (χ2n) is 4.53. The summed E-state index contributed by atoms with van der Waals surface area (Å²) in [4.78, 5) is 12.6. The smallest absolute Gasteiger partial charge is 0.265 e. The lowest BCUT2D eigenvalue weighted by molar-refractivity contribution is 0.0929. The van der Waals surface area contributed by atoms with E-state index in [0.717, 1.165) is 17.1 Å². The van der Waals surface area contributed by atoms with E-state index < -0.39 is 0 Å². The Labute approximate surface area is 121 Å². The second-order valence-corrected chi connectivity index (χ2v) is 5.75. The van der Waals surface area contributed by atoms with E-state index >= 15 is 0 Å². The zero-order chi connectivity index (χ0) is 13.8. The van der Waals surface area contributed by atoms with Gasteiger partial charge in [-0.15, -0.1) is 5.10 Å². The molecule has 1 aromatic carbocycles. The second kappa shape index (κ2) is 6.12. The first-order valence-corrected chi connectivity index (χ1v) is 7.06. The summed E-state index contributed by atoms with van der Waals surface area (Å²) in [7, 11) is 0. The number of amides is 1. The molecule has 2 aromatic rings. The lowest BCUT2D eigenvalue weighted by atomic mass is 9.96. The average molecular weight is 296 g/mol. The van der Waals surface area contributed by atoms with Gasteiger partial charge in [0.15, 0.2) is 0 Å². The molecule has 0 fully saturated rings. The van der Waals surface area contributed by atoms with Crippen LogP contribution in [-0.4, -0.2) is 15.5 Å². The fourth-order valence-corrected chi connectivity index (χ4v) is 2.33. The summed E-state index contributed by atoms with van der Waals surface area (Å²) in [6.07, 6.45) is 1.47. The number of carbonyl (C=O) groups is 1. The third-order valence-electron chi connectivity index (χ3n) is 2.77. The highest BCUT2D eigenvalue weighted by molar-refractivity contribution is 7.07. The fraction of sp³-hybridized carbons (Fsp3) is 0.308. The van der Waals surface area contributed by atoms with Crippen LogP contribution in [0.15, 0.2) is 30.5 Å². The summed E-state index contributed by atoms with van der Waals surface area (Å²) in [6.45, 7) is 4.12. The van der Waals surface area contributed by atoms with Gasteiger partial charge in [0, 0.05) is 5.02 Å². The summed E-state index contributed by atoms with van der Waals surface area (Å²) in [5.41, 5.74) is 1.03. The van der Waals surface area contributed by atoms with Gasteiger partial charge in [0.05, 0.1) is 12.2 Å². The summed E-state index contributed by atoms with van der Waals surface area (Å²) < 4.78 is 3.69. The molecule has 0 aliphatic carbocycles. The molecule has 19 heavy (non-hydrogen) atoms. The molecule has 1 heterocycles. The Balaban J connectivity index is 2.17. The number of hydrogen-bond donors (Lipinski definition) is 1. The molecule has 0 aliphatic heterocycles. The molecule has 0 saturated heterocycles. The molecule has 0 bridgehead atoms. The highest BCUT2D eigenvalue weighted by atomic mass is 35.5. The summed E-state index contributed by atoms with van der Waals surface area (Å²) >= 11 is 6.97. The molecule has 2 rings (SSSR count). The highest BCUT2D eigenvalue weighted by Gasteiger charge is 2.20. The Kier molecular flexibility index (Phi) is 4.50. The highest BCUT2D eigenvalue weighted by Crippen LogP contribution is 2.23. The molecule has 0 radical (unpaired) electrons. The Morgan fingerprint density at radius 3 is 2.53 bits per heavy atom. The van der Waals surface area contributed by atoms with Crippen molar-refractivity contribution in [2.45, 2.75) is 19.9 Å². The van der Waals surface area contributed by atoms with Crippen LogP contribution in [0.5, 0.6) is 0 Å². The van der Waals surface area contributed by atoms with Crippen molar-refractivity contribution in [3.63, 3.8) is 0 Å². The van der Waals surface area contributed by atoms with E-state index in [1.807, 2.05) is 24.3 Å². The minimum Gasteiger partial charge on any atom is -0.344 e. The van der Waals surface area contributed by atoms with Crippen molar-refractivity contribution in [2.24, 2.45) is 5.92 Å². The minimum absolute atomic E-state index is 0.0631. The van der Waals surface area contributed by atoms with Crippen molar-refractivity contribution >= 4 is 29.0 Å². The topological polar surface area (TPSA) is 54.9 Å². The van der Waals surface area contributed by atoms with E-state index in [9.17, 15) is 4.79 Å². The van der Waals surface area contributed by atoms with Crippen LogP contribution in [-0.2, 0) is 0 Å². The molecule has 0 saturated carbocycles. The van der Waals surface area contributed by atoms with Gasteiger partial charge in [-0.3, -0.25) is 4.79 Å². The van der Waals surface area contributed by atoms with Crippen molar-refractivity contribution in [3.8, 4) is 0 Å². The van der Waals surface area contributed by atoms with Crippen LogP contribution >= 0.6 is 23.1 Å². The van der Waals surface area contributed by atoms with Gasteiger partial charge in [-0.05, 0) is 35.1 Å². The molecule has 1 aromatic heterocycles. The average Bonchev–Trinajstić information content (AvgIpc) is 2.90. The Hall–Kier alpha value is -1.46. The quantitative estimate of drug-likeness (QED) is 0.941. The Morgan fingerprint density at radius 1 is 1.32 bits per heavy atom. The van der Waals surface area contributed by atoms with Crippen molar-refractivity contribution in [1.29, 1.82) is 0 Å². The third kappa shape index (κ3) is 3.52. The number of benzene rings is 1. The molecule has 0 aliphatic rings. The van der Waals surface area contributed by atoms with Crippen molar-refractivity contribution in [3.05, 3.63) is 45.9 Å². The summed E-state index contributed by atoms with van der Waals surface area (Å²) in [5.74, 6) is 0.120. The van der Waals surface area contributed by atoms with Crippen LogP contribution < -0.4 is 5.32 Å². The van der Waals surface area contributed by atoms with Crippen molar-refractivity contribution < 1.29 is 4.79 Å². The summed E-state index contributed by atoms with van der Waals surface area (Å²) in [5, 5.41) is 7.36. The SMILES string of the molecule is CC(C)[C@H](NC(=O)c1cnns1)c1ccc(Cl)cc1. The number of rotatable bonds is 4. The van der Waals surface area contributed by atoms with Crippen LogP contribution in [0, 0.1) is 5.92 Å². The molecule has 4 nitrogen and oxygen atoms in total. The van der Waals surface area contributed by atoms with E-state index in [1.54, 1.807) is 0 Å². The number of aromatic nitrogens is 2. The van der Waals surface area contributed by atoms with Crippen LogP contribution in [0.3, 0.4) is 0 Å². The fourth-order valence-electron chi connectivity index (χ4n) is 1.78. The number of nitrogens with one attached hydrogen (secondary N) is 1. The molecule has 1 amide bonds. The van der Waals surface area contributed by atoms with E-state index in [2.05, 4.69) is 28.8 Å². The number of nitrogens with zero attached hydrogens (tertiary/aromatic N) is 2. The van der Waals surface area contributed by atoms with Gasteiger partial charge in [0.1, 0.15) is 4.88 Å². The molecule has 0 spiro atoms. The first kappa shape index (κ1) is 14.0. The number of halogens is 1. The summed E-state index contributed by atoms with van der Waals surface area (Å²) in [6, 6.07) is 7.45. The van der Waals surface area contributed by atoms with Gasteiger partial charge in [0.25, 0.3) is 5.91 Å². The predicted molar refractivity (Wildman–Crippen MR) is 76.4 cm³/mol. The largest absolute Gasteiger partial charge is 0.344 e. The van der Waals surface area contributed by atoms with E-state index in [0.29, 0.717) is 9.90 Å². The molecule has 1 atom stereocenters. The molecular formula is C13H14ClN3OS. The standard InChI is InChI=1S/C13H14ClN3OS/c1-8(2)12(9-3-5-10(14)6-4-9)16-13(18)11-7-15-17-19-11/h3-8,12H,1-2H3,(H,16,18)/t12-/m0/s1. The van der Waals surface area contributed by atoms with Gasteiger partial charge in [0.2, 0.25) is 0 Å². The third-order valence-corrected chi connectivity index (χ3v) is 3.68. The van der Waals surface area contributed by atoms with Crippen molar-refractivity contribution in [2.75, 3.05) is 0 Å². The maximum atomic E-state index is 12.1. The van der Waals surface area contributed by atoms with Gasteiger partial charge >= 0.3 is 0 Å². The molecule has 1 N–H and O–H groups in total. The number of hydrogen-bond acceptors (Lipinski definition) is 4. The maximum Gasteiger partial charge on any atom is 0.265 e. The van der Waals surface area contributed by atoms with E-state index in [-0.39, 0.29) is 17.9 Å². The Bertz CT molecular complexity index is 540. The van der Waals surface area contributed by atoms with Crippen LogP contribution in [0.4, 0.5) is 0 Å². The normalized spacial score (nSPS) is 12.4. The minimum atomic E-state index is -0.149. The zero-order valence-electron chi connectivity index (χ0n) is 10.6. The molecule has 100 valence electrons. The molecule has 6 heteroatoms. The first-order valence-electron chi connectivity index (χ1n) is 5.91. The van der Waals surface area contributed by atoms with Crippen LogP contribution in [0.25, 0.3) is 0 Å². The lowest BCUT2D eigenvalue weighted by Gasteiger charge is -2.22. The van der Waals surface area contributed by atoms with Crippen LogP contribution in [0.2, 0.25) is 5.02 Å². The molecular weight excluding hydrogens is 282 g/mol. The zero-order valence-corrected chi connectivity index (χ0v) is 12.2. The van der Waals surface area contributed by atoms with Crippen LogP contribution in [0.1, 0.15) is 35.1 Å². The lowest BCUT2D eigenvalue weighted by Crippen LogP contribution is -2.31. The van der Waals surface area contributed by atoms with E-state index in [1.165, 1.54) is 6.20 Å². The van der Waals surface area contributed by atoms with Gasteiger partial charge in [-0.2, -0.15) is 0 Å². The van der Waals surface area contributed by atoms with Gasteiger partial charge in [-0.1, -0.05) is 42.1 Å². The van der Waals surface area contributed by atoms with Gasteiger partial charge < -0.3 is 5.32 Å². The predicted octanol–water partition coefficient (Wildman–Crippen LogP) is 3.32. The number of carbonyl (C=O) groups excluding carboxylic acids is 1. The first-order chi connectivity index (χ1) is 9.08. The van der Waals surface area contributed by atoms with Gasteiger partial charge in [-0.25, -0.2) is 0 Å². The Morgan fingerprint density at radius 2 is 2.00 bits per heavy atom. The maximum absolute atomic E-state index is 12.1. The molecule has 0 unspecified atom stereocenters.